The molecule has 138 valence electrons. The van der Waals surface area contributed by atoms with Gasteiger partial charge in [0.1, 0.15) is 11.3 Å². The summed E-state index contributed by atoms with van der Waals surface area (Å²) in [6.45, 7) is 3.52. The normalized spacial score (nSPS) is 12.3. The van der Waals surface area contributed by atoms with Gasteiger partial charge in [-0.25, -0.2) is 4.98 Å². The molecule has 0 aliphatic carbocycles. The van der Waals surface area contributed by atoms with E-state index < -0.39 is 10.8 Å². The van der Waals surface area contributed by atoms with Crippen molar-refractivity contribution in [1.29, 1.82) is 0 Å². The van der Waals surface area contributed by atoms with Crippen LogP contribution < -0.4 is 15.0 Å². The predicted molar refractivity (Wildman–Crippen MR) is 98.3 cm³/mol. The van der Waals surface area contributed by atoms with Crippen LogP contribution in [0.25, 0.3) is 11.2 Å². The molecule has 0 aliphatic heterocycles. The molecule has 9 heteroatoms. The lowest BCUT2D eigenvalue weighted by atomic mass is 10.1. The summed E-state index contributed by atoms with van der Waals surface area (Å²) >= 11 is 0. The lowest BCUT2D eigenvalue weighted by Crippen LogP contribution is -2.17. The SMILES string of the molecule is COc1ccc2nc(S(=O)Cc3[nH]c(=O)c(C)c(OC)c3C)n(C)c2n1. The molecule has 0 spiro atoms. The van der Waals surface area contributed by atoms with Crippen LogP contribution in [0.15, 0.2) is 22.1 Å². The van der Waals surface area contributed by atoms with E-state index in [0.717, 1.165) is 5.56 Å². The van der Waals surface area contributed by atoms with Crippen LogP contribution >= 0.6 is 0 Å². The number of hydrogen-bond acceptors (Lipinski definition) is 6. The maximum absolute atomic E-state index is 12.9. The maximum Gasteiger partial charge on any atom is 0.254 e. The first-order valence-corrected chi connectivity index (χ1v) is 9.21. The molecule has 0 bridgehead atoms. The lowest BCUT2D eigenvalue weighted by molar-refractivity contribution is 0.399. The number of pyridine rings is 2. The number of aromatic amines is 1. The van der Waals surface area contributed by atoms with E-state index in [1.807, 2.05) is 6.92 Å². The van der Waals surface area contributed by atoms with Crippen LogP contribution in [0, 0.1) is 13.8 Å². The first-order chi connectivity index (χ1) is 12.4. The Morgan fingerprint density at radius 2 is 1.88 bits per heavy atom. The maximum atomic E-state index is 12.9. The topological polar surface area (TPSA) is 99.1 Å². The van der Waals surface area contributed by atoms with Crippen LogP contribution in [-0.4, -0.2) is 37.9 Å². The van der Waals surface area contributed by atoms with Crippen molar-refractivity contribution in [3.63, 3.8) is 0 Å². The minimum absolute atomic E-state index is 0.117. The number of ether oxygens (including phenoxy) is 2. The monoisotopic (exact) mass is 376 g/mol. The van der Waals surface area contributed by atoms with E-state index in [1.165, 1.54) is 14.2 Å². The highest BCUT2D eigenvalue weighted by atomic mass is 32.2. The van der Waals surface area contributed by atoms with Crippen LogP contribution in [0.5, 0.6) is 11.6 Å². The average Bonchev–Trinajstić information content (AvgIpc) is 2.96. The number of aryl methyl sites for hydroxylation is 1. The third-order valence-corrected chi connectivity index (χ3v) is 5.60. The highest BCUT2D eigenvalue weighted by molar-refractivity contribution is 7.84. The van der Waals surface area contributed by atoms with E-state index in [4.69, 9.17) is 9.47 Å². The molecule has 0 fully saturated rings. The molecule has 3 aromatic heterocycles. The Morgan fingerprint density at radius 3 is 2.54 bits per heavy atom. The van der Waals surface area contributed by atoms with E-state index in [2.05, 4.69) is 15.0 Å². The fourth-order valence-electron chi connectivity index (χ4n) is 2.84. The van der Waals surface area contributed by atoms with Crippen LogP contribution in [-0.2, 0) is 23.6 Å². The molecule has 0 radical (unpaired) electrons. The van der Waals surface area contributed by atoms with Gasteiger partial charge in [0.25, 0.3) is 5.56 Å². The van der Waals surface area contributed by atoms with Crippen molar-refractivity contribution in [1.82, 2.24) is 19.5 Å². The Balaban J connectivity index is 2.01. The number of fused-ring (bicyclic) bond motifs is 1. The van der Waals surface area contributed by atoms with Crippen molar-refractivity contribution >= 4 is 22.0 Å². The second kappa shape index (κ2) is 6.91. The zero-order valence-corrected chi connectivity index (χ0v) is 16.1. The van der Waals surface area contributed by atoms with Gasteiger partial charge in [-0.2, -0.15) is 4.98 Å². The number of nitrogens with one attached hydrogen (secondary N) is 1. The number of hydrogen-bond donors (Lipinski definition) is 1. The van der Waals surface area contributed by atoms with Gasteiger partial charge in [-0.1, -0.05) is 0 Å². The van der Waals surface area contributed by atoms with Gasteiger partial charge in [0.05, 0.1) is 36.3 Å². The molecule has 0 aliphatic rings. The number of H-pyrrole nitrogens is 1. The summed E-state index contributed by atoms with van der Waals surface area (Å²) in [6, 6.07) is 3.47. The third kappa shape index (κ3) is 2.98. The predicted octanol–water partition coefficient (Wildman–Crippen LogP) is 1.60. The summed E-state index contributed by atoms with van der Waals surface area (Å²) in [7, 11) is 3.32. The second-order valence-corrected chi connectivity index (χ2v) is 7.20. The molecule has 26 heavy (non-hydrogen) atoms. The number of nitrogens with zero attached hydrogens (tertiary/aromatic N) is 3. The van der Waals surface area contributed by atoms with Crippen LogP contribution in [0.3, 0.4) is 0 Å². The molecule has 1 atom stereocenters. The first kappa shape index (κ1) is 18.1. The molecule has 0 amide bonds. The van der Waals surface area contributed by atoms with Crippen molar-refractivity contribution in [2.45, 2.75) is 24.8 Å². The van der Waals surface area contributed by atoms with Crippen LogP contribution in [0.4, 0.5) is 0 Å². The molecule has 0 aromatic carbocycles. The van der Waals surface area contributed by atoms with Crippen molar-refractivity contribution in [3.05, 3.63) is 39.3 Å². The Hall–Kier alpha value is -2.68. The van der Waals surface area contributed by atoms with Gasteiger partial charge in [-0.05, 0) is 19.9 Å². The van der Waals surface area contributed by atoms with E-state index in [9.17, 15) is 9.00 Å². The lowest BCUT2D eigenvalue weighted by Gasteiger charge is -2.12. The molecule has 8 nitrogen and oxygen atoms in total. The van der Waals surface area contributed by atoms with Crippen LogP contribution in [0.1, 0.15) is 16.8 Å². The quantitative estimate of drug-likeness (QED) is 0.726. The Bertz CT molecular complexity index is 1070. The van der Waals surface area contributed by atoms with Crippen molar-refractivity contribution in [2.75, 3.05) is 14.2 Å². The van der Waals surface area contributed by atoms with Crippen molar-refractivity contribution in [2.24, 2.45) is 7.05 Å². The fourth-order valence-corrected chi connectivity index (χ4v) is 4.11. The Morgan fingerprint density at radius 1 is 1.15 bits per heavy atom. The van der Waals surface area contributed by atoms with E-state index in [-0.39, 0.29) is 11.3 Å². The molecular formula is C17H20N4O4S. The summed E-state index contributed by atoms with van der Waals surface area (Å²) in [6.07, 6.45) is 0. The van der Waals surface area contributed by atoms with Gasteiger partial charge in [0.15, 0.2) is 5.65 Å². The van der Waals surface area contributed by atoms with Gasteiger partial charge in [-0.15, -0.1) is 0 Å². The number of imidazole rings is 1. The minimum Gasteiger partial charge on any atom is -0.496 e. The molecule has 3 rings (SSSR count). The third-order valence-electron chi connectivity index (χ3n) is 4.28. The van der Waals surface area contributed by atoms with Crippen LogP contribution in [0.2, 0.25) is 0 Å². The molecule has 0 saturated carbocycles. The summed E-state index contributed by atoms with van der Waals surface area (Å²) < 4.78 is 25.0. The first-order valence-electron chi connectivity index (χ1n) is 7.89. The van der Waals surface area contributed by atoms with Gasteiger partial charge in [-0.3, -0.25) is 9.00 Å². The van der Waals surface area contributed by atoms with Crippen molar-refractivity contribution in [3.8, 4) is 11.6 Å². The van der Waals surface area contributed by atoms with Gasteiger partial charge >= 0.3 is 0 Å². The van der Waals surface area contributed by atoms with Gasteiger partial charge in [0.2, 0.25) is 11.0 Å². The summed E-state index contributed by atoms with van der Waals surface area (Å²) in [5.41, 5.74) is 2.78. The van der Waals surface area contributed by atoms with Gasteiger partial charge < -0.3 is 19.0 Å². The highest BCUT2D eigenvalue weighted by Gasteiger charge is 2.19. The Kier molecular flexibility index (Phi) is 4.82. The zero-order chi connectivity index (χ0) is 19.0. The smallest absolute Gasteiger partial charge is 0.254 e. The second-order valence-electron chi connectivity index (χ2n) is 5.86. The average molecular weight is 376 g/mol. The van der Waals surface area contributed by atoms with E-state index >= 15 is 0 Å². The summed E-state index contributed by atoms with van der Waals surface area (Å²) in [5.74, 6) is 1.09. The standard InChI is InChI=1S/C17H20N4O4S/c1-9-12(18-16(22)10(2)14(9)25-5)8-26(23)17-19-11-6-7-13(24-4)20-15(11)21(17)3/h6-7H,8H2,1-5H3,(H,18,22). The van der Waals surface area contributed by atoms with E-state index in [0.29, 0.717) is 39.2 Å². The number of methoxy groups -OCH3 is 2. The minimum atomic E-state index is -1.48. The number of rotatable bonds is 5. The molecule has 3 heterocycles. The molecule has 0 saturated heterocycles. The summed E-state index contributed by atoms with van der Waals surface area (Å²) in [5, 5.41) is 0.376. The van der Waals surface area contributed by atoms with Gasteiger partial charge in [0, 0.05) is 24.4 Å². The Labute approximate surface area is 152 Å². The zero-order valence-electron chi connectivity index (χ0n) is 15.2. The van der Waals surface area contributed by atoms with E-state index in [1.54, 1.807) is 30.7 Å². The number of aromatic nitrogens is 4. The summed E-state index contributed by atoms with van der Waals surface area (Å²) in [4.78, 5) is 23.6. The largest absolute Gasteiger partial charge is 0.496 e. The molecule has 1 unspecified atom stereocenters. The molecule has 1 N–H and O–H groups in total. The fraction of sp³-hybridized carbons (Fsp3) is 0.353. The van der Waals surface area contributed by atoms with Crippen molar-refractivity contribution < 1.29 is 13.7 Å². The molecule has 3 aromatic rings. The molecular weight excluding hydrogens is 356 g/mol. The highest BCUT2D eigenvalue weighted by Crippen LogP contribution is 2.24.